The standard InChI is InChI=1S/C15H20N2O4/c1-11(18)12-5-3-6-13(9-12)16-14(19)10-17(2)8-4-7-15(20)21/h3,5-6,9H,4,7-8,10H2,1-2H3,(H,16,19)(H,20,21). The van der Waals surface area contributed by atoms with Gasteiger partial charge in [0, 0.05) is 17.7 Å². The van der Waals surface area contributed by atoms with Crippen LogP contribution in [0.5, 0.6) is 0 Å². The highest BCUT2D eigenvalue weighted by Gasteiger charge is 2.08. The van der Waals surface area contributed by atoms with Crippen molar-refractivity contribution in [2.45, 2.75) is 19.8 Å². The summed E-state index contributed by atoms with van der Waals surface area (Å²) in [7, 11) is 1.76. The lowest BCUT2D eigenvalue weighted by Crippen LogP contribution is -2.31. The summed E-state index contributed by atoms with van der Waals surface area (Å²) in [4.78, 5) is 35.3. The molecule has 0 aliphatic heterocycles. The third-order valence-corrected chi connectivity index (χ3v) is 2.90. The molecule has 0 aromatic heterocycles. The molecule has 0 atom stereocenters. The van der Waals surface area contributed by atoms with E-state index in [9.17, 15) is 14.4 Å². The predicted octanol–water partition coefficient (Wildman–Crippen LogP) is 1.62. The summed E-state index contributed by atoms with van der Waals surface area (Å²) < 4.78 is 0. The summed E-state index contributed by atoms with van der Waals surface area (Å²) in [6.45, 7) is 2.17. The van der Waals surface area contributed by atoms with Crippen LogP contribution in [0.15, 0.2) is 24.3 Å². The van der Waals surface area contributed by atoms with Crippen LogP contribution < -0.4 is 5.32 Å². The fraction of sp³-hybridized carbons (Fsp3) is 0.400. The summed E-state index contributed by atoms with van der Waals surface area (Å²) in [5, 5.41) is 11.3. The molecule has 0 heterocycles. The van der Waals surface area contributed by atoms with Crippen molar-refractivity contribution in [3.05, 3.63) is 29.8 Å². The van der Waals surface area contributed by atoms with Gasteiger partial charge in [0.2, 0.25) is 5.91 Å². The molecule has 1 rings (SSSR count). The molecule has 0 bridgehead atoms. The lowest BCUT2D eigenvalue weighted by Gasteiger charge is -2.15. The maximum atomic E-state index is 11.8. The summed E-state index contributed by atoms with van der Waals surface area (Å²) in [5.74, 6) is -1.10. The molecule has 114 valence electrons. The molecule has 1 aromatic carbocycles. The van der Waals surface area contributed by atoms with Gasteiger partial charge < -0.3 is 10.4 Å². The van der Waals surface area contributed by atoms with Gasteiger partial charge in [-0.25, -0.2) is 0 Å². The van der Waals surface area contributed by atoms with E-state index in [1.165, 1.54) is 6.92 Å². The molecule has 1 aromatic rings. The molecule has 6 nitrogen and oxygen atoms in total. The fourth-order valence-corrected chi connectivity index (χ4v) is 1.84. The van der Waals surface area contributed by atoms with E-state index >= 15 is 0 Å². The van der Waals surface area contributed by atoms with Gasteiger partial charge in [-0.2, -0.15) is 0 Å². The van der Waals surface area contributed by atoms with Gasteiger partial charge in [0.25, 0.3) is 0 Å². The van der Waals surface area contributed by atoms with Gasteiger partial charge in [-0.15, -0.1) is 0 Å². The first kappa shape index (κ1) is 16.8. The monoisotopic (exact) mass is 292 g/mol. The number of aliphatic carboxylic acids is 1. The predicted molar refractivity (Wildman–Crippen MR) is 79.4 cm³/mol. The SMILES string of the molecule is CC(=O)c1cccc(NC(=O)CN(C)CCCC(=O)O)c1. The number of hydrogen-bond donors (Lipinski definition) is 2. The first-order valence-electron chi connectivity index (χ1n) is 6.69. The number of carboxylic acid groups (broad SMARTS) is 1. The zero-order chi connectivity index (χ0) is 15.8. The third kappa shape index (κ3) is 6.67. The number of rotatable bonds is 8. The van der Waals surface area contributed by atoms with Crippen LogP contribution in [0.4, 0.5) is 5.69 Å². The molecule has 21 heavy (non-hydrogen) atoms. The van der Waals surface area contributed by atoms with Gasteiger partial charge in [-0.1, -0.05) is 12.1 Å². The maximum Gasteiger partial charge on any atom is 0.303 e. The largest absolute Gasteiger partial charge is 0.481 e. The molecule has 0 spiro atoms. The second-order valence-corrected chi connectivity index (χ2v) is 4.92. The number of benzene rings is 1. The van der Waals surface area contributed by atoms with Crippen molar-refractivity contribution in [3.63, 3.8) is 0 Å². The lowest BCUT2D eigenvalue weighted by molar-refractivity contribution is -0.137. The maximum absolute atomic E-state index is 11.8. The van der Waals surface area contributed by atoms with Gasteiger partial charge in [0.15, 0.2) is 5.78 Å². The zero-order valence-corrected chi connectivity index (χ0v) is 12.3. The van der Waals surface area contributed by atoms with Crippen molar-refractivity contribution in [1.82, 2.24) is 4.90 Å². The van der Waals surface area contributed by atoms with Gasteiger partial charge >= 0.3 is 5.97 Å². The van der Waals surface area contributed by atoms with E-state index in [1.807, 2.05) is 0 Å². The first-order valence-corrected chi connectivity index (χ1v) is 6.69. The number of hydrogen-bond acceptors (Lipinski definition) is 4. The van der Waals surface area contributed by atoms with Gasteiger partial charge in [-0.05, 0) is 39.1 Å². The van der Waals surface area contributed by atoms with Gasteiger partial charge in [0.05, 0.1) is 6.54 Å². The van der Waals surface area contributed by atoms with E-state index in [-0.39, 0.29) is 24.7 Å². The number of likely N-dealkylation sites (N-methyl/N-ethyl adjacent to an activating group) is 1. The number of amides is 1. The second kappa shape index (κ2) is 8.16. The minimum Gasteiger partial charge on any atom is -0.481 e. The van der Waals surface area contributed by atoms with Gasteiger partial charge in [0.1, 0.15) is 0 Å². The van der Waals surface area contributed by atoms with Crippen molar-refractivity contribution >= 4 is 23.3 Å². The molecule has 0 aliphatic rings. The van der Waals surface area contributed by atoms with Crippen molar-refractivity contribution in [3.8, 4) is 0 Å². The Labute approximate surface area is 123 Å². The van der Waals surface area contributed by atoms with Crippen LogP contribution in [0.2, 0.25) is 0 Å². The highest BCUT2D eigenvalue weighted by Crippen LogP contribution is 2.11. The zero-order valence-electron chi connectivity index (χ0n) is 12.3. The highest BCUT2D eigenvalue weighted by atomic mass is 16.4. The Morgan fingerprint density at radius 1 is 1.29 bits per heavy atom. The number of carbonyl (C=O) groups is 3. The third-order valence-electron chi connectivity index (χ3n) is 2.90. The number of ketones is 1. The van der Waals surface area contributed by atoms with E-state index in [2.05, 4.69) is 5.32 Å². The van der Waals surface area contributed by atoms with Crippen molar-refractivity contribution in [2.24, 2.45) is 0 Å². The summed E-state index contributed by atoms with van der Waals surface area (Å²) >= 11 is 0. The molecule has 0 unspecified atom stereocenters. The number of nitrogens with one attached hydrogen (secondary N) is 1. The molecule has 0 radical (unpaired) electrons. The summed E-state index contributed by atoms with van der Waals surface area (Å²) in [6, 6.07) is 6.75. The number of anilines is 1. The number of Topliss-reactive ketones (excluding diaryl/α,β-unsaturated/α-hetero) is 1. The van der Waals surface area contributed by atoms with E-state index in [1.54, 1.807) is 36.2 Å². The van der Waals surface area contributed by atoms with E-state index in [0.717, 1.165) is 0 Å². The minimum atomic E-state index is -0.839. The van der Waals surface area contributed by atoms with E-state index in [0.29, 0.717) is 24.2 Å². The summed E-state index contributed by atoms with van der Waals surface area (Å²) in [6.07, 6.45) is 0.589. The molecule has 0 fully saturated rings. The van der Waals surface area contributed by atoms with Crippen LogP contribution in [0.1, 0.15) is 30.1 Å². The summed E-state index contributed by atoms with van der Waals surface area (Å²) in [5.41, 5.74) is 1.12. The van der Waals surface area contributed by atoms with Crippen molar-refractivity contribution < 1.29 is 19.5 Å². The number of carbonyl (C=O) groups excluding carboxylic acids is 2. The first-order chi connectivity index (χ1) is 9.88. The molecular formula is C15H20N2O4. The van der Waals surface area contributed by atoms with E-state index in [4.69, 9.17) is 5.11 Å². The smallest absolute Gasteiger partial charge is 0.303 e. The Bertz CT molecular complexity index is 528. The quantitative estimate of drug-likeness (QED) is 0.711. The Kier molecular flexibility index (Phi) is 6.55. The Morgan fingerprint density at radius 3 is 2.62 bits per heavy atom. The molecule has 0 saturated carbocycles. The average Bonchev–Trinajstić information content (AvgIpc) is 2.38. The van der Waals surface area contributed by atoms with Crippen molar-refractivity contribution in [2.75, 3.05) is 25.5 Å². The number of nitrogens with zero attached hydrogens (tertiary/aromatic N) is 1. The van der Waals surface area contributed by atoms with Crippen LogP contribution in [0.3, 0.4) is 0 Å². The lowest BCUT2D eigenvalue weighted by atomic mass is 10.1. The topological polar surface area (TPSA) is 86.7 Å². The minimum absolute atomic E-state index is 0.0584. The Balaban J connectivity index is 2.44. The van der Waals surface area contributed by atoms with Crippen LogP contribution in [0, 0.1) is 0 Å². The average molecular weight is 292 g/mol. The van der Waals surface area contributed by atoms with Crippen LogP contribution in [-0.2, 0) is 9.59 Å². The molecule has 2 N–H and O–H groups in total. The Hall–Kier alpha value is -2.21. The van der Waals surface area contributed by atoms with Crippen LogP contribution >= 0.6 is 0 Å². The molecule has 0 aliphatic carbocycles. The molecular weight excluding hydrogens is 272 g/mol. The van der Waals surface area contributed by atoms with Crippen LogP contribution in [-0.4, -0.2) is 47.8 Å². The highest BCUT2D eigenvalue weighted by molar-refractivity contribution is 5.97. The molecule has 6 heteroatoms. The Morgan fingerprint density at radius 2 is 2.00 bits per heavy atom. The van der Waals surface area contributed by atoms with Crippen molar-refractivity contribution in [1.29, 1.82) is 0 Å². The molecule has 1 amide bonds. The van der Waals surface area contributed by atoms with Gasteiger partial charge in [-0.3, -0.25) is 19.3 Å². The van der Waals surface area contributed by atoms with Crippen LogP contribution in [0.25, 0.3) is 0 Å². The number of carboxylic acids is 1. The second-order valence-electron chi connectivity index (χ2n) is 4.92. The van der Waals surface area contributed by atoms with E-state index < -0.39 is 5.97 Å². The molecule has 0 saturated heterocycles. The fourth-order valence-electron chi connectivity index (χ4n) is 1.84. The normalized spacial score (nSPS) is 10.4.